The van der Waals surface area contributed by atoms with Crippen LogP contribution in [0.5, 0.6) is 0 Å². The van der Waals surface area contributed by atoms with Crippen LogP contribution in [0.2, 0.25) is 0 Å². The van der Waals surface area contributed by atoms with E-state index in [-0.39, 0.29) is 11.2 Å². The fourth-order valence-electron chi connectivity index (χ4n) is 2.46. The summed E-state index contributed by atoms with van der Waals surface area (Å²) in [4.78, 5) is 24.6. The van der Waals surface area contributed by atoms with E-state index in [9.17, 15) is 9.18 Å². The summed E-state index contributed by atoms with van der Waals surface area (Å²) in [7, 11) is 0. The fourth-order valence-corrected chi connectivity index (χ4v) is 2.46. The maximum Gasteiger partial charge on any atom is 0.178 e. The third-order valence-corrected chi connectivity index (χ3v) is 3.41. The van der Waals surface area contributed by atoms with E-state index in [1.807, 2.05) is 13.8 Å². The number of aromatic nitrogens is 3. The number of hydrogen-bond acceptors (Lipinski definition) is 4. The van der Waals surface area contributed by atoms with Crippen molar-refractivity contribution >= 4 is 5.78 Å². The molecular weight excluding hydrogens is 257 g/mol. The molecule has 1 aliphatic rings. The first kappa shape index (κ1) is 12.8. The first-order valence-corrected chi connectivity index (χ1v) is 6.46. The number of rotatable bonds is 1. The molecule has 0 spiro atoms. The molecule has 4 nitrogen and oxygen atoms in total. The Hall–Kier alpha value is -2.17. The Morgan fingerprint density at radius 2 is 1.95 bits per heavy atom. The minimum atomic E-state index is -0.400. The van der Waals surface area contributed by atoms with Crippen LogP contribution in [0, 0.1) is 11.2 Å². The number of hydrogen-bond donors (Lipinski definition) is 0. The van der Waals surface area contributed by atoms with Crippen molar-refractivity contribution in [2.24, 2.45) is 5.41 Å². The highest BCUT2D eigenvalue weighted by Gasteiger charge is 2.32. The maximum atomic E-state index is 12.9. The smallest absolute Gasteiger partial charge is 0.178 e. The van der Waals surface area contributed by atoms with Crippen LogP contribution in [0.25, 0.3) is 11.5 Å². The van der Waals surface area contributed by atoms with E-state index < -0.39 is 5.82 Å². The standard InChI is InChI=1S/C15H14FN3O/c1-15(2)5-12-10(13(20)6-15)8-18-14(19-12)11-4-3-9(16)7-17-11/h3-4,7-8H,5-6H2,1-2H3. The van der Waals surface area contributed by atoms with Gasteiger partial charge in [0.05, 0.1) is 17.5 Å². The SMILES string of the molecule is CC1(C)CC(=O)c2cnc(-c3ccc(F)cn3)nc2C1. The zero-order chi connectivity index (χ0) is 14.3. The zero-order valence-electron chi connectivity index (χ0n) is 11.4. The van der Waals surface area contributed by atoms with Crippen LogP contribution in [0.4, 0.5) is 4.39 Å². The van der Waals surface area contributed by atoms with E-state index in [4.69, 9.17) is 0 Å². The van der Waals surface area contributed by atoms with E-state index in [0.29, 0.717) is 23.5 Å². The van der Waals surface area contributed by atoms with Gasteiger partial charge in [-0.05, 0) is 24.0 Å². The molecule has 5 heteroatoms. The molecule has 0 bridgehead atoms. The predicted molar refractivity (Wildman–Crippen MR) is 71.7 cm³/mol. The lowest BCUT2D eigenvalue weighted by Crippen LogP contribution is -2.28. The average Bonchev–Trinajstić information content (AvgIpc) is 2.37. The van der Waals surface area contributed by atoms with Gasteiger partial charge >= 0.3 is 0 Å². The predicted octanol–water partition coefficient (Wildman–Crippen LogP) is 2.83. The van der Waals surface area contributed by atoms with Crippen LogP contribution in [0.3, 0.4) is 0 Å². The van der Waals surface area contributed by atoms with Crippen molar-refractivity contribution in [1.82, 2.24) is 15.0 Å². The lowest BCUT2D eigenvalue weighted by atomic mass is 9.76. The molecular formula is C15H14FN3O. The number of carbonyl (C=O) groups excluding carboxylic acids is 1. The van der Waals surface area contributed by atoms with Gasteiger partial charge in [-0.3, -0.25) is 4.79 Å². The maximum absolute atomic E-state index is 12.9. The molecule has 0 unspecified atom stereocenters. The monoisotopic (exact) mass is 271 g/mol. The third-order valence-electron chi connectivity index (χ3n) is 3.41. The Labute approximate surface area is 116 Å². The highest BCUT2D eigenvalue weighted by Crippen LogP contribution is 2.33. The van der Waals surface area contributed by atoms with Gasteiger partial charge in [-0.25, -0.2) is 19.3 Å². The van der Waals surface area contributed by atoms with Gasteiger partial charge in [-0.2, -0.15) is 0 Å². The number of ketones is 1. The van der Waals surface area contributed by atoms with Gasteiger partial charge < -0.3 is 0 Å². The van der Waals surface area contributed by atoms with E-state index >= 15 is 0 Å². The summed E-state index contributed by atoms with van der Waals surface area (Å²) in [6.45, 7) is 4.09. The highest BCUT2D eigenvalue weighted by atomic mass is 19.1. The number of Topliss-reactive ketones (excluding diaryl/α,β-unsaturated/α-hetero) is 1. The van der Waals surface area contributed by atoms with Gasteiger partial charge in [-0.15, -0.1) is 0 Å². The Morgan fingerprint density at radius 1 is 1.15 bits per heavy atom. The minimum Gasteiger partial charge on any atom is -0.294 e. The number of halogens is 1. The second-order valence-electron chi connectivity index (χ2n) is 5.86. The summed E-state index contributed by atoms with van der Waals surface area (Å²) in [5, 5.41) is 0. The Morgan fingerprint density at radius 3 is 2.65 bits per heavy atom. The molecule has 0 atom stereocenters. The molecule has 20 heavy (non-hydrogen) atoms. The van der Waals surface area contributed by atoms with E-state index in [2.05, 4.69) is 15.0 Å². The second-order valence-corrected chi connectivity index (χ2v) is 5.86. The molecule has 0 saturated heterocycles. The molecule has 3 rings (SSSR count). The molecule has 0 amide bonds. The molecule has 0 aromatic carbocycles. The van der Waals surface area contributed by atoms with Crippen LogP contribution in [0.1, 0.15) is 36.3 Å². The Bertz CT molecular complexity index is 680. The van der Waals surface area contributed by atoms with Gasteiger partial charge in [0.1, 0.15) is 11.5 Å². The van der Waals surface area contributed by atoms with E-state index in [1.165, 1.54) is 12.1 Å². The second kappa shape index (κ2) is 4.44. The van der Waals surface area contributed by atoms with Gasteiger partial charge in [-0.1, -0.05) is 13.8 Å². The van der Waals surface area contributed by atoms with Crippen LogP contribution in [-0.4, -0.2) is 20.7 Å². The Kier molecular flexibility index (Phi) is 2.85. The molecule has 2 heterocycles. The Balaban J connectivity index is 2.05. The molecule has 0 N–H and O–H groups in total. The molecule has 0 radical (unpaired) electrons. The van der Waals surface area contributed by atoms with Crippen LogP contribution >= 0.6 is 0 Å². The van der Waals surface area contributed by atoms with E-state index in [1.54, 1.807) is 6.20 Å². The van der Waals surface area contributed by atoms with Crippen molar-refractivity contribution in [2.75, 3.05) is 0 Å². The van der Waals surface area contributed by atoms with Crippen molar-refractivity contribution in [3.05, 3.63) is 41.6 Å². The first-order valence-electron chi connectivity index (χ1n) is 6.46. The van der Waals surface area contributed by atoms with Crippen molar-refractivity contribution < 1.29 is 9.18 Å². The van der Waals surface area contributed by atoms with Crippen LogP contribution in [-0.2, 0) is 6.42 Å². The van der Waals surface area contributed by atoms with Crippen molar-refractivity contribution in [3.63, 3.8) is 0 Å². The molecule has 1 aliphatic carbocycles. The summed E-state index contributed by atoms with van der Waals surface area (Å²) in [5.74, 6) is 0.104. The normalized spacial score (nSPS) is 16.9. The molecule has 2 aromatic rings. The number of carbonyl (C=O) groups is 1. The van der Waals surface area contributed by atoms with Crippen LogP contribution < -0.4 is 0 Å². The summed E-state index contributed by atoms with van der Waals surface area (Å²) in [5.41, 5.74) is 1.76. The first-order chi connectivity index (χ1) is 9.44. The van der Waals surface area contributed by atoms with Crippen LogP contribution in [0.15, 0.2) is 24.5 Å². The number of pyridine rings is 1. The third kappa shape index (κ3) is 2.31. The molecule has 102 valence electrons. The lowest BCUT2D eigenvalue weighted by molar-refractivity contribution is 0.0910. The minimum absolute atomic E-state index is 0.0786. The quantitative estimate of drug-likeness (QED) is 0.800. The summed E-state index contributed by atoms with van der Waals surface area (Å²) >= 11 is 0. The lowest BCUT2D eigenvalue weighted by Gasteiger charge is -2.29. The zero-order valence-corrected chi connectivity index (χ0v) is 11.4. The van der Waals surface area contributed by atoms with Gasteiger partial charge in [0.15, 0.2) is 11.6 Å². The fraction of sp³-hybridized carbons (Fsp3) is 0.333. The molecule has 0 fully saturated rings. The average molecular weight is 271 g/mol. The van der Waals surface area contributed by atoms with Gasteiger partial charge in [0.2, 0.25) is 0 Å². The topological polar surface area (TPSA) is 55.7 Å². The summed E-state index contributed by atoms with van der Waals surface area (Å²) in [6.07, 6.45) is 3.93. The molecule has 2 aromatic heterocycles. The van der Waals surface area contributed by atoms with E-state index in [0.717, 1.165) is 18.3 Å². The molecule has 0 saturated carbocycles. The highest BCUT2D eigenvalue weighted by molar-refractivity contribution is 5.98. The summed E-state index contributed by atoms with van der Waals surface area (Å²) in [6, 6.07) is 2.85. The number of nitrogens with zero attached hydrogens (tertiary/aromatic N) is 3. The van der Waals surface area contributed by atoms with Gasteiger partial charge in [0.25, 0.3) is 0 Å². The van der Waals surface area contributed by atoms with Crippen molar-refractivity contribution in [2.45, 2.75) is 26.7 Å². The van der Waals surface area contributed by atoms with Gasteiger partial charge in [0, 0.05) is 12.6 Å². The van der Waals surface area contributed by atoms with Crippen molar-refractivity contribution in [3.8, 4) is 11.5 Å². The summed E-state index contributed by atoms with van der Waals surface area (Å²) < 4.78 is 12.9. The number of fused-ring (bicyclic) bond motifs is 1. The molecule has 0 aliphatic heterocycles. The van der Waals surface area contributed by atoms with Crippen molar-refractivity contribution in [1.29, 1.82) is 0 Å². The largest absolute Gasteiger partial charge is 0.294 e.